The lowest BCUT2D eigenvalue weighted by atomic mass is 9.91. The molecule has 0 saturated carbocycles. The minimum absolute atomic E-state index is 0.398. The van der Waals surface area contributed by atoms with Crippen molar-refractivity contribution in [2.24, 2.45) is 0 Å². The second-order valence-electron chi connectivity index (χ2n) is 8.78. The lowest BCUT2D eigenvalue weighted by Crippen LogP contribution is -2.44. The van der Waals surface area contributed by atoms with Gasteiger partial charge in [-0.15, -0.1) is 0 Å². The molecule has 1 fully saturated rings. The number of benzene rings is 3. The minimum atomic E-state index is -0.429. The number of ether oxygens (including phenoxy) is 1. The first kappa shape index (κ1) is 22.7. The predicted octanol–water partition coefficient (Wildman–Crippen LogP) is 3.84. The molecular formula is C28H28N4O3. The number of piperazine rings is 1. The molecule has 2 amide bonds. The number of nitrogens with zero attached hydrogens (tertiary/aromatic N) is 2. The fraction of sp³-hybridized carbons (Fsp3) is 0.214. The van der Waals surface area contributed by atoms with Crippen molar-refractivity contribution in [3.05, 3.63) is 84.1 Å². The number of carbonyl (C=O) groups is 2. The molecule has 35 heavy (non-hydrogen) atoms. The molecule has 1 saturated heterocycles. The van der Waals surface area contributed by atoms with Gasteiger partial charge in [0.15, 0.2) is 0 Å². The van der Waals surface area contributed by atoms with E-state index in [2.05, 4.69) is 39.6 Å². The lowest BCUT2D eigenvalue weighted by molar-refractivity contribution is -0.114. The Balaban J connectivity index is 1.42. The number of amides is 2. The molecule has 0 bridgehead atoms. The van der Waals surface area contributed by atoms with Crippen LogP contribution in [0, 0.1) is 0 Å². The van der Waals surface area contributed by atoms with Gasteiger partial charge in [0.25, 0.3) is 11.8 Å². The van der Waals surface area contributed by atoms with Crippen LogP contribution in [0.3, 0.4) is 0 Å². The van der Waals surface area contributed by atoms with Crippen LogP contribution in [0.25, 0.3) is 16.7 Å². The van der Waals surface area contributed by atoms with Gasteiger partial charge in [0, 0.05) is 60.4 Å². The van der Waals surface area contributed by atoms with Crippen LogP contribution in [-0.2, 0) is 4.79 Å². The van der Waals surface area contributed by atoms with E-state index in [0.717, 1.165) is 48.7 Å². The zero-order chi connectivity index (χ0) is 24.4. The number of hydrogen-bond donors (Lipinski definition) is 2. The van der Waals surface area contributed by atoms with Gasteiger partial charge in [-0.25, -0.2) is 0 Å². The number of para-hydroxylation sites is 1. The summed E-state index contributed by atoms with van der Waals surface area (Å²) in [5, 5.41) is 5.67. The Morgan fingerprint density at radius 2 is 1.60 bits per heavy atom. The SMILES string of the molecule is COc1ccccc1-c1ccc2c(c1)/C(=C/Nc1ccc(N3CCN(C)CC3)cc1)C(=O)NC2=O. The van der Waals surface area contributed by atoms with Gasteiger partial charge in [0.1, 0.15) is 5.75 Å². The third kappa shape index (κ3) is 4.63. The highest BCUT2D eigenvalue weighted by Gasteiger charge is 2.28. The van der Waals surface area contributed by atoms with Gasteiger partial charge in [-0.05, 0) is 55.1 Å². The summed E-state index contributed by atoms with van der Waals surface area (Å²) in [6.07, 6.45) is 1.66. The normalized spacial score (nSPS) is 17.2. The molecule has 0 atom stereocenters. The highest BCUT2D eigenvalue weighted by atomic mass is 16.5. The number of rotatable bonds is 5. The molecule has 2 aliphatic rings. The van der Waals surface area contributed by atoms with E-state index >= 15 is 0 Å². The van der Waals surface area contributed by atoms with E-state index < -0.39 is 11.8 Å². The van der Waals surface area contributed by atoms with E-state index in [1.807, 2.05) is 48.5 Å². The summed E-state index contributed by atoms with van der Waals surface area (Å²) in [6, 6.07) is 21.3. The van der Waals surface area contributed by atoms with Gasteiger partial charge in [0.05, 0.1) is 12.7 Å². The molecule has 0 aliphatic carbocycles. The number of methoxy groups -OCH3 is 1. The first-order valence-corrected chi connectivity index (χ1v) is 11.7. The van der Waals surface area contributed by atoms with E-state index in [-0.39, 0.29) is 0 Å². The van der Waals surface area contributed by atoms with E-state index in [9.17, 15) is 9.59 Å². The molecule has 7 heteroatoms. The summed E-state index contributed by atoms with van der Waals surface area (Å²) >= 11 is 0. The summed E-state index contributed by atoms with van der Waals surface area (Å²) in [6.45, 7) is 4.12. The van der Waals surface area contributed by atoms with E-state index in [1.54, 1.807) is 19.4 Å². The monoisotopic (exact) mass is 468 g/mol. The Labute approximate surface area is 205 Å². The Kier molecular flexibility index (Phi) is 6.25. The zero-order valence-electron chi connectivity index (χ0n) is 19.9. The summed E-state index contributed by atoms with van der Waals surface area (Å²) in [7, 11) is 3.77. The van der Waals surface area contributed by atoms with Gasteiger partial charge >= 0.3 is 0 Å². The number of nitrogens with one attached hydrogen (secondary N) is 2. The fourth-order valence-corrected chi connectivity index (χ4v) is 4.51. The number of imide groups is 1. The number of carbonyl (C=O) groups excluding carboxylic acids is 2. The molecule has 5 rings (SSSR count). The van der Waals surface area contributed by atoms with Gasteiger partial charge in [-0.3, -0.25) is 14.9 Å². The van der Waals surface area contributed by atoms with Crippen LogP contribution in [-0.4, -0.2) is 57.1 Å². The Hall–Kier alpha value is -4.10. The number of likely N-dealkylation sites (N-methyl/N-ethyl adjacent to an activating group) is 1. The van der Waals surface area contributed by atoms with Crippen molar-refractivity contribution < 1.29 is 14.3 Å². The molecule has 0 radical (unpaired) electrons. The molecule has 2 heterocycles. The second-order valence-corrected chi connectivity index (χ2v) is 8.78. The number of fused-ring (bicyclic) bond motifs is 1. The quantitative estimate of drug-likeness (QED) is 0.438. The van der Waals surface area contributed by atoms with Crippen LogP contribution in [0.1, 0.15) is 15.9 Å². The molecule has 0 aromatic heterocycles. The molecule has 3 aromatic rings. The third-order valence-corrected chi connectivity index (χ3v) is 6.56. The third-order valence-electron chi connectivity index (χ3n) is 6.56. The van der Waals surface area contributed by atoms with Crippen LogP contribution in [0.4, 0.5) is 11.4 Å². The second kappa shape index (κ2) is 9.64. The topological polar surface area (TPSA) is 73.9 Å². The molecule has 0 unspecified atom stereocenters. The highest BCUT2D eigenvalue weighted by Crippen LogP contribution is 2.34. The fourth-order valence-electron chi connectivity index (χ4n) is 4.51. The van der Waals surface area contributed by atoms with Crippen molar-refractivity contribution in [2.45, 2.75) is 0 Å². The first-order valence-electron chi connectivity index (χ1n) is 11.7. The van der Waals surface area contributed by atoms with Crippen molar-refractivity contribution in [3.8, 4) is 16.9 Å². The molecule has 2 N–H and O–H groups in total. The van der Waals surface area contributed by atoms with Crippen LogP contribution in [0.5, 0.6) is 5.75 Å². The summed E-state index contributed by atoms with van der Waals surface area (Å²) in [4.78, 5) is 30.0. The lowest BCUT2D eigenvalue weighted by Gasteiger charge is -2.34. The van der Waals surface area contributed by atoms with Crippen LogP contribution in [0.15, 0.2) is 72.9 Å². The first-order chi connectivity index (χ1) is 17.0. The maximum atomic E-state index is 12.8. The summed E-state index contributed by atoms with van der Waals surface area (Å²) in [5.41, 5.74) is 5.26. The van der Waals surface area contributed by atoms with Crippen molar-refractivity contribution in [3.63, 3.8) is 0 Å². The summed E-state index contributed by atoms with van der Waals surface area (Å²) < 4.78 is 5.50. The van der Waals surface area contributed by atoms with Crippen LogP contribution in [0.2, 0.25) is 0 Å². The standard InChI is InChI=1S/C28H28N4O3/c1-31-13-15-32(16-14-31)21-10-8-20(9-11-21)29-18-25-24-17-19(22-5-3-4-6-26(22)35-2)7-12-23(24)27(33)30-28(25)34/h3-12,17-18,29H,13-16H2,1-2H3,(H,30,33,34)/b25-18-. The molecular weight excluding hydrogens is 440 g/mol. The molecule has 7 nitrogen and oxygen atoms in total. The Bertz CT molecular complexity index is 1290. The molecule has 0 spiro atoms. The smallest absolute Gasteiger partial charge is 0.260 e. The summed E-state index contributed by atoms with van der Waals surface area (Å²) in [5.74, 6) is -0.102. The largest absolute Gasteiger partial charge is 0.496 e. The Morgan fingerprint density at radius 1 is 0.857 bits per heavy atom. The average molecular weight is 469 g/mol. The van der Waals surface area contributed by atoms with Crippen molar-refractivity contribution in [1.82, 2.24) is 10.2 Å². The van der Waals surface area contributed by atoms with Gasteiger partial charge < -0.3 is 19.9 Å². The molecule has 178 valence electrons. The highest BCUT2D eigenvalue weighted by molar-refractivity contribution is 6.31. The maximum Gasteiger partial charge on any atom is 0.260 e. The van der Waals surface area contributed by atoms with Gasteiger partial charge in [-0.1, -0.05) is 24.3 Å². The van der Waals surface area contributed by atoms with Crippen LogP contribution >= 0.6 is 0 Å². The van der Waals surface area contributed by atoms with Gasteiger partial charge in [-0.2, -0.15) is 0 Å². The zero-order valence-corrected chi connectivity index (χ0v) is 19.9. The maximum absolute atomic E-state index is 12.8. The van der Waals surface area contributed by atoms with Crippen molar-refractivity contribution >= 4 is 28.8 Å². The minimum Gasteiger partial charge on any atom is -0.496 e. The molecule has 2 aliphatic heterocycles. The van der Waals surface area contributed by atoms with Gasteiger partial charge in [0.2, 0.25) is 0 Å². The predicted molar refractivity (Wildman–Crippen MR) is 139 cm³/mol. The van der Waals surface area contributed by atoms with E-state index in [0.29, 0.717) is 16.7 Å². The van der Waals surface area contributed by atoms with E-state index in [1.165, 1.54) is 5.69 Å². The van der Waals surface area contributed by atoms with Crippen molar-refractivity contribution in [2.75, 3.05) is 50.6 Å². The van der Waals surface area contributed by atoms with Crippen molar-refractivity contribution in [1.29, 1.82) is 0 Å². The average Bonchev–Trinajstić information content (AvgIpc) is 2.89. The Morgan fingerprint density at radius 3 is 2.34 bits per heavy atom. The van der Waals surface area contributed by atoms with Crippen LogP contribution < -0.4 is 20.3 Å². The number of anilines is 2. The molecule has 3 aromatic carbocycles. The van der Waals surface area contributed by atoms with E-state index in [4.69, 9.17) is 4.74 Å². The number of hydrogen-bond acceptors (Lipinski definition) is 6.